The maximum absolute atomic E-state index is 14.3. The Balaban J connectivity index is 1.31. The number of hydrogen-bond donors (Lipinski definition) is 0. The molecule has 0 radical (unpaired) electrons. The normalized spacial score (nSPS) is 18.6. The first kappa shape index (κ1) is 30.3. The Morgan fingerprint density at radius 2 is 1.30 bits per heavy atom. The molecule has 2 aliphatic rings. The second-order valence-electron chi connectivity index (χ2n) is 11.4. The second-order valence-corrected chi connectivity index (χ2v) is 12.9. The minimum atomic E-state index is -1.23. The summed E-state index contributed by atoms with van der Waals surface area (Å²) in [6.07, 6.45) is 2.62. The predicted molar refractivity (Wildman–Crippen MR) is 168 cm³/mol. The van der Waals surface area contributed by atoms with Crippen molar-refractivity contribution in [1.29, 1.82) is 0 Å². The van der Waals surface area contributed by atoms with Crippen molar-refractivity contribution in [3.63, 3.8) is 0 Å². The van der Waals surface area contributed by atoms with Crippen LogP contribution in [0.15, 0.2) is 103 Å². The Kier molecular flexibility index (Phi) is 9.28. The molecule has 0 saturated carbocycles. The predicted octanol–water partition coefficient (Wildman–Crippen LogP) is 8.00. The Morgan fingerprint density at radius 3 is 1.84 bits per heavy atom. The molecule has 2 unspecified atom stereocenters. The van der Waals surface area contributed by atoms with Crippen molar-refractivity contribution in [1.82, 2.24) is 9.80 Å². The van der Waals surface area contributed by atoms with Gasteiger partial charge in [0.1, 0.15) is 5.82 Å². The molecule has 0 aromatic heterocycles. The zero-order valence-corrected chi connectivity index (χ0v) is 25.2. The highest BCUT2D eigenvalue weighted by molar-refractivity contribution is 8.01. The molecule has 4 aromatic carbocycles. The second kappa shape index (κ2) is 13.5. The van der Waals surface area contributed by atoms with Gasteiger partial charge in [0.05, 0.1) is 24.0 Å². The first-order valence-corrected chi connectivity index (χ1v) is 15.9. The van der Waals surface area contributed by atoms with E-state index in [0.29, 0.717) is 19.0 Å². The highest BCUT2D eigenvalue weighted by Gasteiger charge is 2.45. The highest BCUT2D eigenvalue weighted by atomic mass is 32.2. The summed E-state index contributed by atoms with van der Waals surface area (Å²) in [6, 6.07) is 32.5. The summed E-state index contributed by atoms with van der Waals surface area (Å²) in [5, 5.41) is 0.0516. The van der Waals surface area contributed by atoms with E-state index >= 15 is 0 Å². The summed E-state index contributed by atoms with van der Waals surface area (Å²) < 4.78 is 46.9. The van der Waals surface area contributed by atoms with Crippen molar-refractivity contribution >= 4 is 17.8 Å². The molecule has 2 amide bonds. The van der Waals surface area contributed by atoms with Gasteiger partial charge in [0.25, 0.3) is 0 Å². The van der Waals surface area contributed by atoms with Gasteiger partial charge in [0.15, 0.2) is 11.6 Å². The number of halogens is 3. The van der Waals surface area contributed by atoms with Gasteiger partial charge in [-0.25, -0.2) is 18.0 Å². The number of hydrogen-bond acceptors (Lipinski definition) is 3. The topological polar surface area (TPSA) is 32.8 Å². The smallest absolute Gasteiger partial charge is 0.320 e. The van der Waals surface area contributed by atoms with Crippen LogP contribution < -0.4 is 0 Å². The summed E-state index contributed by atoms with van der Waals surface area (Å²) in [7, 11) is 0. The fourth-order valence-corrected chi connectivity index (χ4v) is 8.26. The Labute approximate surface area is 260 Å². The molecule has 4 aromatic rings. The average Bonchev–Trinajstić information content (AvgIpc) is 3.74. The van der Waals surface area contributed by atoms with Gasteiger partial charge in [-0.2, -0.15) is 0 Å². The van der Waals surface area contributed by atoms with E-state index in [9.17, 15) is 18.0 Å². The molecule has 2 aliphatic heterocycles. The van der Waals surface area contributed by atoms with Crippen LogP contribution in [0.3, 0.4) is 0 Å². The van der Waals surface area contributed by atoms with E-state index in [1.807, 2.05) is 39.8 Å². The first-order valence-electron chi connectivity index (χ1n) is 15.1. The zero-order chi connectivity index (χ0) is 30.5. The first-order chi connectivity index (χ1) is 21.5. The number of carbonyl (C=O) groups excluding carboxylic acids is 1. The molecular formula is C36H35F3N2O2S. The number of rotatable bonds is 9. The quantitative estimate of drug-likeness (QED) is 0.141. The van der Waals surface area contributed by atoms with Crippen LogP contribution in [0.4, 0.5) is 18.0 Å². The van der Waals surface area contributed by atoms with E-state index in [1.165, 1.54) is 0 Å². The van der Waals surface area contributed by atoms with Gasteiger partial charge in [-0.1, -0.05) is 91.0 Å². The van der Waals surface area contributed by atoms with Crippen LogP contribution in [0.25, 0.3) is 0 Å². The lowest BCUT2D eigenvalue weighted by Gasteiger charge is -2.37. The molecule has 6 rings (SSSR count). The SMILES string of the molecule is O=C(N1CCCC1)N1CC(SC(c2ccccc2)(c2ccccc2)c2ccccc2)CC1COCc1cc(F)c(F)cc1F. The maximum Gasteiger partial charge on any atom is 0.320 e. The molecule has 228 valence electrons. The molecule has 2 fully saturated rings. The standard InChI is InChI=1S/C36H35F3N2O2S/c37-32-22-34(39)33(38)20-26(32)24-43-25-30-21-31(23-41(30)35(42)40-18-10-11-19-40)44-36(27-12-4-1-5-13-27,28-14-6-2-7-15-28)29-16-8-3-9-17-29/h1-9,12-17,20,22,30-31H,10-11,18-19,21,23-25H2. The van der Waals surface area contributed by atoms with Crippen molar-refractivity contribution in [2.45, 2.75) is 41.9 Å². The van der Waals surface area contributed by atoms with Crippen molar-refractivity contribution in [2.24, 2.45) is 0 Å². The number of likely N-dealkylation sites (tertiary alicyclic amines) is 2. The van der Waals surface area contributed by atoms with Gasteiger partial charge < -0.3 is 14.5 Å². The van der Waals surface area contributed by atoms with E-state index in [1.54, 1.807) is 0 Å². The molecule has 0 aliphatic carbocycles. The van der Waals surface area contributed by atoms with Gasteiger partial charge >= 0.3 is 6.03 Å². The largest absolute Gasteiger partial charge is 0.375 e. The van der Waals surface area contributed by atoms with E-state index < -0.39 is 22.2 Å². The summed E-state index contributed by atoms with van der Waals surface area (Å²) in [5.74, 6) is -3.21. The van der Waals surface area contributed by atoms with Crippen LogP contribution in [0.1, 0.15) is 41.5 Å². The molecule has 0 N–H and O–H groups in total. The molecule has 2 atom stereocenters. The summed E-state index contributed by atoms with van der Waals surface area (Å²) in [5.41, 5.74) is 3.39. The summed E-state index contributed by atoms with van der Waals surface area (Å²) >= 11 is 1.84. The number of ether oxygens (including phenoxy) is 1. The van der Waals surface area contributed by atoms with E-state index in [0.717, 1.165) is 48.7 Å². The number of thioether (sulfide) groups is 1. The third-order valence-electron chi connectivity index (χ3n) is 8.54. The molecule has 0 bridgehead atoms. The Bertz CT molecular complexity index is 1460. The van der Waals surface area contributed by atoms with Gasteiger partial charge in [0.2, 0.25) is 0 Å². The monoisotopic (exact) mass is 616 g/mol. The van der Waals surface area contributed by atoms with E-state index in [4.69, 9.17) is 4.74 Å². The number of urea groups is 1. The van der Waals surface area contributed by atoms with Gasteiger partial charge in [-0.15, -0.1) is 11.8 Å². The number of benzene rings is 4. The van der Waals surface area contributed by atoms with Crippen molar-refractivity contribution < 1.29 is 22.7 Å². The van der Waals surface area contributed by atoms with Crippen LogP contribution in [0.5, 0.6) is 0 Å². The number of carbonyl (C=O) groups is 1. The fraction of sp³-hybridized carbons (Fsp3) is 0.306. The Morgan fingerprint density at radius 1 is 0.773 bits per heavy atom. The minimum Gasteiger partial charge on any atom is -0.375 e. The van der Waals surface area contributed by atoms with Crippen molar-refractivity contribution in [2.75, 3.05) is 26.2 Å². The van der Waals surface area contributed by atoms with Crippen LogP contribution in [-0.4, -0.2) is 53.4 Å². The molecular weight excluding hydrogens is 581 g/mol. The molecule has 2 saturated heterocycles. The summed E-state index contributed by atoms with van der Waals surface area (Å²) in [6.45, 7) is 1.92. The van der Waals surface area contributed by atoms with Crippen LogP contribution in [-0.2, 0) is 16.1 Å². The molecule has 8 heteroatoms. The van der Waals surface area contributed by atoms with Gasteiger partial charge in [-0.3, -0.25) is 0 Å². The number of nitrogens with zero attached hydrogens (tertiary/aromatic N) is 2. The van der Waals surface area contributed by atoms with E-state index in [-0.39, 0.29) is 36.1 Å². The number of amides is 2. The zero-order valence-electron chi connectivity index (χ0n) is 24.4. The van der Waals surface area contributed by atoms with Crippen molar-refractivity contribution in [3.8, 4) is 0 Å². The average molecular weight is 617 g/mol. The molecule has 0 spiro atoms. The van der Waals surface area contributed by atoms with E-state index in [2.05, 4.69) is 72.8 Å². The Hall–Kier alpha value is -3.75. The van der Waals surface area contributed by atoms with Crippen LogP contribution in [0.2, 0.25) is 0 Å². The molecule has 44 heavy (non-hydrogen) atoms. The van der Waals surface area contributed by atoms with Crippen LogP contribution in [0, 0.1) is 17.5 Å². The lowest BCUT2D eigenvalue weighted by atomic mass is 9.84. The molecule has 2 heterocycles. The minimum absolute atomic E-state index is 0.0112. The van der Waals surface area contributed by atoms with Gasteiger partial charge in [-0.05, 0) is 42.0 Å². The summed E-state index contributed by atoms with van der Waals surface area (Å²) in [4.78, 5) is 17.6. The van der Waals surface area contributed by atoms with Crippen molar-refractivity contribution in [3.05, 3.63) is 143 Å². The third-order valence-corrected chi connectivity index (χ3v) is 10.3. The highest BCUT2D eigenvalue weighted by Crippen LogP contribution is 2.52. The molecule has 4 nitrogen and oxygen atoms in total. The van der Waals surface area contributed by atoms with Gasteiger partial charge in [0, 0.05) is 36.5 Å². The lowest BCUT2D eigenvalue weighted by Crippen LogP contribution is -2.46. The lowest BCUT2D eigenvalue weighted by molar-refractivity contribution is 0.0677. The fourth-order valence-electron chi connectivity index (χ4n) is 6.39. The maximum atomic E-state index is 14.3. The third kappa shape index (κ3) is 6.24. The van der Waals surface area contributed by atoms with Crippen LogP contribution >= 0.6 is 11.8 Å².